The molecule has 0 saturated heterocycles. The number of hydrazone groups is 1. The second kappa shape index (κ2) is 8.58. The fraction of sp³-hybridized carbons (Fsp3) is 0.304. The molecular formula is C23H24N2OS2. The Morgan fingerprint density at radius 2 is 1.64 bits per heavy atom. The van der Waals surface area contributed by atoms with Crippen LogP contribution in [0.25, 0.3) is 0 Å². The molecular weight excluding hydrogens is 384 g/mol. The molecule has 1 fully saturated rings. The van der Waals surface area contributed by atoms with E-state index >= 15 is 0 Å². The first-order chi connectivity index (χ1) is 13.7. The smallest absolute Gasteiger partial charge is 0.267 e. The Bertz CT molecular complexity index is 903. The van der Waals surface area contributed by atoms with Crippen LogP contribution in [0.5, 0.6) is 0 Å². The minimum absolute atomic E-state index is 0.0226. The molecule has 1 heterocycles. The van der Waals surface area contributed by atoms with Crippen LogP contribution in [0.1, 0.15) is 41.2 Å². The molecule has 0 radical (unpaired) electrons. The highest BCUT2D eigenvalue weighted by Crippen LogP contribution is 2.47. The highest BCUT2D eigenvalue weighted by molar-refractivity contribution is 8.21. The fourth-order valence-corrected chi connectivity index (χ4v) is 5.80. The third kappa shape index (κ3) is 3.53. The van der Waals surface area contributed by atoms with Crippen LogP contribution in [0.2, 0.25) is 0 Å². The average molecular weight is 409 g/mol. The van der Waals surface area contributed by atoms with Gasteiger partial charge in [-0.05, 0) is 55.0 Å². The Balaban J connectivity index is 1.81. The molecule has 5 heteroatoms. The molecule has 2 aromatic carbocycles. The van der Waals surface area contributed by atoms with Crippen molar-refractivity contribution in [3.8, 4) is 0 Å². The number of thioether (sulfide) groups is 2. The van der Waals surface area contributed by atoms with Crippen LogP contribution in [0.3, 0.4) is 0 Å². The summed E-state index contributed by atoms with van der Waals surface area (Å²) in [6.07, 6.45) is 7.50. The lowest BCUT2D eigenvalue weighted by atomic mass is 9.78. The zero-order valence-electron chi connectivity index (χ0n) is 16.2. The van der Waals surface area contributed by atoms with E-state index in [-0.39, 0.29) is 17.9 Å². The molecule has 144 valence electrons. The van der Waals surface area contributed by atoms with Gasteiger partial charge in [-0.3, -0.25) is 4.79 Å². The van der Waals surface area contributed by atoms with Crippen LogP contribution >= 0.6 is 23.5 Å². The maximum atomic E-state index is 13.4. The van der Waals surface area contributed by atoms with Crippen molar-refractivity contribution in [2.75, 3.05) is 12.5 Å². The summed E-state index contributed by atoms with van der Waals surface area (Å²) >= 11 is 3.57. The van der Waals surface area contributed by atoms with E-state index < -0.39 is 0 Å². The molecule has 1 saturated carbocycles. The molecule has 3 nitrogen and oxygen atoms in total. The standard InChI is InChI=1S/C23H24N2OS2/c1-27-23(28-2)19-15-9-14-18-20(19)24-25(21(18)16-10-5-3-6-11-16)22(26)17-12-7-4-8-13-17/h3-8,10-13,18,21H,9,14-15H2,1-2H3/t18-,21+/m0/s1. The molecule has 1 aliphatic carbocycles. The summed E-state index contributed by atoms with van der Waals surface area (Å²) in [7, 11) is 0. The molecule has 28 heavy (non-hydrogen) atoms. The second-order valence-corrected chi connectivity index (χ2v) is 8.92. The van der Waals surface area contributed by atoms with Crippen molar-refractivity contribution in [1.29, 1.82) is 0 Å². The lowest BCUT2D eigenvalue weighted by Crippen LogP contribution is -2.32. The SMILES string of the molecule is CSC(SC)=C1CCC[C@H]2C1=NN(C(=O)c1ccccc1)[C@@H]2c1ccccc1. The van der Waals surface area contributed by atoms with Gasteiger partial charge in [0.25, 0.3) is 5.91 Å². The number of amides is 1. The number of hydrogen-bond donors (Lipinski definition) is 0. The van der Waals surface area contributed by atoms with Gasteiger partial charge in [0.05, 0.1) is 11.8 Å². The summed E-state index contributed by atoms with van der Waals surface area (Å²) in [6.45, 7) is 0. The van der Waals surface area contributed by atoms with Crippen LogP contribution < -0.4 is 0 Å². The normalized spacial score (nSPS) is 21.3. The Hall–Kier alpha value is -1.98. The van der Waals surface area contributed by atoms with Crippen molar-refractivity contribution in [3.05, 3.63) is 81.6 Å². The average Bonchev–Trinajstić information content (AvgIpc) is 3.15. The van der Waals surface area contributed by atoms with Crippen LogP contribution in [0, 0.1) is 5.92 Å². The van der Waals surface area contributed by atoms with E-state index in [4.69, 9.17) is 5.10 Å². The topological polar surface area (TPSA) is 32.7 Å². The van der Waals surface area contributed by atoms with Crippen LogP contribution in [0.15, 0.2) is 75.6 Å². The van der Waals surface area contributed by atoms with Gasteiger partial charge in [0.2, 0.25) is 0 Å². The number of benzene rings is 2. The van der Waals surface area contributed by atoms with Crippen molar-refractivity contribution in [2.24, 2.45) is 11.0 Å². The van der Waals surface area contributed by atoms with E-state index in [1.54, 1.807) is 28.5 Å². The predicted octanol–water partition coefficient (Wildman–Crippen LogP) is 5.98. The quantitative estimate of drug-likeness (QED) is 0.624. The van der Waals surface area contributed by atoms with Gasteiger partial charge in [-0.2, -0.15) is 5.10 Å². The zero-order valence-corrected chi connectivity index (χ0v) is 17.8. The third-order valence-corrected chi connectivity index (χ3v) is 7.68. The first kappa shape index (κ1) is 19.3. The highest BCUT2D eigenvalue weighted by Gasteiger charge is 2.44. The summed E-state index contributed by atoms with van der Waals surface area (Å²) in [6, 6.07) is 19.8. The van der Waals surface area contributed by atoms with Crippen LogP contribution in [-0.4, -0.2) is 29.1 Å². The Morgan fingerprint density at radius 3 is 2.29 bits per heavy atom. The van der Waals surface area contributed by atoms with Gasteiger partial charge in [-0.1, -0.05) is 48.5 Å². The molecule has 0 aromatic heterocycles. The number of carbonyl (C=O) groups excluding carboxylic acids is 1. The van der Waals surface area contributed by atoms with Gasteiger partial charge in [0, 0.05) is 15.7 Å². The van der Waals surface area contributed by atoms with Crippen LogP contribution in [-0.2, 0) is 0 Å². The summed E-state index contributed by atoms with van der Waals surface area (Å²) in [5.41, 5.74) is 4.29. The lowest BCUT2D eigenvalue weighted by molar-refractivity contribution is 0.0681. The van der Waals surface area contributed by atoms with Crippen molar-refractivity contribution in [3.63, 3.8) is 0 Å². The number of rotatable bonds is 4. The Morgan fingerprint density at radius 1 is 1.00 bits per heavy atom. The zero-order chi connectivity index (χ0) is 19.5. The summed E-state index contributed by atoms with van der Waals surface area (Å²) < 4.78 is 1.32. The van der Waals surface area contributed by atoms with Gasteiger partial charge >= 0.3 is 0 Å². The maximum Gasteiger partial charge on any atom is 0.274 e. The van der Waals surface area contributed by atoms with Crippen molar-refractivity contribution in [1.82, 2.24) is 5.01 Å². The Kier molecular flexibility index (Phi) is 5.93. The molecule has 2 atom stereocenters. The molecule has 2 aromatic rings. The molecule has 0 unspecified atom stereocenters. The molecule has 0 N–H and O–H groups in total. The molecule has 0 spiro atoms. The first-order valence-corrected chi connectivity index (χ1v) is 12.0. The molecule has 0 bridgehead atoms. The highest BCUT2D eigenvalue weighted by atomic mass is 32.2. The van der Waals surface area contributed by atoms with Gasteiger partial charge in [0.1, 0.15) is 0 Å². The molecule has 2 aliphatic rings. The van der Waals surface area contributed by atoms with E-state index in [0.717, 1.165) is 30.5 Å². The van der Waals surface area contributed by atoms with E-state index in [2.05, 4.69) is 24.6 Å². The van der Waals surface area contributed by atoms with E-state index in [9.17, 15) is 4.79 Å². The van der Waals surface area contributed by atoms with Crippen LogP contribution in [0.4, 0.5) is 0 Å². The van der Waals surface area contributed by atoms with Gasteiger partial charge in [0.15, 0.2) is 0 Å². The largest absolute Gasteiger partial charge is 0.274 e. The second-order valence-electron chi connectivity index (χ2n) is 7.03. The first-order valence-electron chi connectivity index (χ1n) is 9.58. The maximum absolute atomic E-state index is 13.4. The lowest BCUT2D eigenvalue weighted by Gasteiger charge is -2.30. The molecule has 1 amide bonds. The van der Waals surface area contributed by atoms with Crippen molar-refractivity contribution >= 4 is 35.1 Å². The summed E-state index contributed by atoms with van der Waals surface area (Å²) in [4.78, 5) is 13.4. The predicted molar refractivity (Wildman–Crippen MR) is 121 cm³/mol. The number of nitrogens with zero attached hydrogens (tertiary/aromatic N) is 2. The number of fused-ring (bicyclic) bond motifs is 1. The molecule has 1 aliphatic heterocycles. The minimum Gasteiger partial charge on any atom is -0.267 e. The number of carbonyl (C=O) groups is 1. The van der Waals surface area contributed by atoms with Crippen molar-refractivity contribution in [2.45, 2.75) is 25.3 Å². The minimum atomic E-state index is -0.0378. The van der Waals surface area contributed by atoms with E-state index in [1.165, 1.54) is 9.81 Å². The summed E-state index contributed by atoms with van der Waals surface area (Å²) in [5.74, 6) is 0.235. The van der Waals surface area contributed by atoms with Gasteiger partial charge in [-0.15, -0.1) is 23.5 Å². The Labute approximate surface area is 175 Å². The number of allylic oxidation sites excluding steroid dienone is 1. The monoisotopic (exact) mass is 408 g/mol. The number of hydrogen-bond acceptors (Lipinski definition) is 4. The van der Waals surface area contributed by atoms with Gasteiger partial charge < -0.3 is 0 Å². The molecule has 4 rings (SSSR count). The van der Waals surface area contributed by atoms with Gasteiger partial charge in [-0.25, -0.2) is 5.01 Å². The summed E-state index contributed by atoms with van der Waals surface area (Å²) in [5, 5.41) is 6.70. The van der Waals surface area contributed by atoms with Crippen molar-refractivity contribution < 1.29 is 4.79 Å². The van der Waals surface area contributed by atoms with E-state index in [1.807, 2.05) is 48.5 Å². The van der Waals surface area contributed by atoms with E-state index in [0.29, 0.717) is 5.56 Å². The third-order valence-electron chi connectivity index (χ3n) is 5.45. The fourth-order valence-electron chi connectivity index (χ4n) is 4.22.